The van der Waals surface area contributed by atoms with E-state index in [0.29, 0.717) is 6.54 Å². The number of fused-ring (bicyclic) bond motifs is 2. The van der Waals surface area contributed by atoms with Gasteiger partial charge in [0.25, 0.3) is 0 Å². The van der Waals surface area contributed by atoms with Crippen molar-refractivity contribution in [3.8, 4) is 0 Å². The molecule has 0 unspecified atom stereocenters. The monoisotopic (exact) mass is 405 g/mol. The zero-order chi connectivity index (χ0) is 20.6. The van der Waals surface area contributed by atoms with Crippen LogP contribution in [0.2, 0.25) is 0 Å². The van der Waals surface area contributed by atoms with Gasteiger partial charge in [0.1, 0.15) is 26.2 Å². The number of carbonyl (C=O) groups excluding carboxylic acids is 2. The smallest absolute Gasteiger partial charge is 0.235 e. The first-order valence-electron chi connectivity index (χ1n) is 12.4. The van der Waals surface area contributed by atoms with Crippen LogP contribution in [0.5, 0.6) is 0 Å². The maximum absolute atomic E-state index is 13.1. The van der Waals surface area contributed by atoms with Gasteiger partial charge in [0, 0.05) is 12.5 Å². The van der Waals surface area contributed by atoms with Crippen LogP contribution in [0.25, 0.3) is 0 Å². The number of unbranched alkanes of at least 4 members (excludes halogenated alkanes) is 1. The number of carbonyl (C=O) groups is 2. The van der Waals surface area contributed by atoms with E-state index >= 15 is 0 Å². The third-order valence-electron chi connectivity index (χ3n) is 9.45. The van der Waals surface area contributed by atoms with Gasteiger partial charge >= 0.3 is 0 Å². The van der Waals surface area contributed by atoms with Crippen LogP contribution in [-0.4, -0.2) is 62.0 Å². The van der Waals surface area contributed by atoms with Gasteiger partial charge in [0.2, 0.25) is 11.8 Å². The molecule has 4 aliphatic rings. The predicted molar refractivity (Wildman–Crippen MR) is 114 cm³/mol. The van der Waals surface area contributed by atoms with E-state index in [2.05, 4.69) is 20.8 Å². The Hall–Kier alpha value is -0.940. The number of likely N-dealkylation sites (tertiary alicyclic amines) is 1. The average molecular weight is 406 g/mol. The number of quaternary nitrogens is 2. The Morgan fingerprint density at radius 3 is 2.31 bits per heavy atom. The number of amides is 2. The summed E-state index contributed by atoms with van der Waals surface area (Å²) >= 11 is 0. The molecule has 2 atom stereocenters. The van der Waals surface area contributed by atoms with Crippen molar-refractivity contribution >= 4 is 11.8 Å². The average Bonchev–Trinajstić information content (AvgIpc) is 2.92. The van der Waals surface area contributed by atoms with Gasteiger partial charge in [-0.25, -0.2) is 0 Å². The van der Waals surface area contributed by atoms with Crippen LogP contribution in [0.3, 0.4) is 0 Å². The fraction of sp³-hybridized carbons (Fsp3) is 0.917. The van der Waals surface area contributed by atoms with Gasteiger partial charge in [0.15, 0.2) is 0 Å². The minimum Gasteiger partial charge on any atom is -0.326 e. The largest absolute Gasteiger partial charge is 0.326 e. The summed E-state index contributed by atoms with van der Waals surface area (Å²) in [6.45, 7) is 13.4. The van der Waals surface area contributed by atoms with Crippen LogP contribution in [0.4, 0.5) is 0 Å². The Morgan fingerprint density at radius 1 is 0.931 bits per heavy atom. The first-order chi connectivity index (χ1) is 13.8. The summed E-state index contributed by atoms with van der Waals surface area (Å²) in [5.74, 6) is 0.233. The fourth-order valence-corrected chi connectivity index (χ4v) is 6.85. The number of hydrogen-bond acceptors (Lipinski definition) is 2. The second kappa shape index (κ2) is 8.30. The van der Waals surface area contributed by atoms with E-state index in [9.17, 15) is 9.59 Å². The number of nitrogens with zero attached hydrogens (tertiary/aromatic N) is 1. The van der Waals surface area contributed by atoms with E-state index in [-0.39, 0.29) is 28.6 Å². The molecular formula is C24H43N3O2+2. The lowest BCUT2D eigenvalue weighted by molar-refractivity contribution is -1.02. The molecule has 0 aromatic rings. The molecule has 0 aromatic heterocycles. The number of piperidine rings is 1. The molecule has 2 heterocycles. The molecule has 164 valence electrons. The molecular weight excluding hydrogens is 362 g/mol. The highest BCUT2D eigenvalue weighted by molar-refractivity contribution is 6.03. The van der Waals surface area contributed by atoms with E-state index in [1.165, 1.54) is 64.8 Å². The minimum atomic E-state index is -0.352. The Kier molecular flexibility index (Phi) is 6.09. The highest BCUT2D eigenvalue weighted by Gasteiger charge is 2.64. The summed E-state index contributed by atoms with van der Waals surface area (Å²) in [6, 6.07) is 0.933. The molecule has 2 N–H and O–H groups in total. The molecule has 4 fully saturated rings. The van der Waals surface area contributed by atoms with Gasteiger partial charge in [-0.2, -0.15) is 0 Å². The van der Waals surface area contributed by atoms with E-state index in [0.717, 1.165) is 31.7 Å². The van der Waals surface area contributed by atoms with Gasteiger partial charge in [-0.1, -0.05) is 27.2 Å². The molecule has 0 aromatic carbocycles. The SMILES string of the molecule is CC1(C)[C@H]2CC[C@@]1(C)C(=O)N(CCCC[NH+]1CC[NH+](C3CCCCC3)CC1)C2=O. The molecule has 2 aliphatic heterocycles. The normalized spacial score (nSPS) is 37.9. The van der Waals surface area contributed by atoms with Crippen LogP contribution in [0.15, 0.2) is 0 Å². The summed E-state index contributed by atoms with van der Waals surface area (Å²) in [7, 11) is 0. The molecule has 5 heteroatoms. The second-order valence-electron chi connectivity index (χ2n) is 11.1. The van der Waals surface area contributed by atoms with Gasteiger partial charge in [0.05, 0.1) is 18.0 Å². The van der Waals surface area contributed by atoms with E-state index in [4.69, 9.17) is 0 Å². The maximum Gasteiger partial charge on any atom is 0.235 e. The molecule has 0 spiro atoms. The van der Waals surface area contributed by atoms with E-state index in [1.807, 2.05) is 4.90 Å². The lowest BCUT2D eigenvalue weighted by atomic mass is 9.62. The highest BCUT2D eigenvalue weighted by atomic mass is 16.2. The topological polar surface area (TPSA) is 46.3 Å². The van der Waals surface area contributed by atoms with Crippen LogP contribution >= 0.6 is 0 Å². The van der Waals surface area contributed by atoms with Gasteiger partial charge < -0.3 is 9.80 Å². The Bertz CT molecular complexity index is 620. The second-order valence-corrected chi connectivity index (χ2v) is 11.1. The van der Waals surface area contributed by atoms with Crippen LogP contribution in [0, 0.1) is 16.7 Å². The lowest BCUT2D eigenvalue weighted by Gasteiger charge is -2.47. The summed E-state index contributed by atoms with van der Waals surface area (Å²) in [4.78, 5) is 31.3. The van der Waals surface area contributed by atoms with Crippen molar-refractivity contribution in [2.24, 2.45) is 16.7 Å². The lowest BCUT2D eigenvalue weighted by Crippen LogP contribution is -3.29. The summed E-state index contributed by atoms with van der Waals surface area (Å²) in [5, 5.41) is 0. The fourth-order valence-electron chi connectivity index (χ4n) is 6.85. The molecule has 2 aliphatic carbocycles. The number of hydrogen-bond donors (Lipinski definition) is 2. The molecule has 2 bridgehead atoms. The van der Waals surface area contributed by atoms with Crippen LogP contribution < -0.4 is 9.80 Å². The third kappa shape index (κ3) is 3.78. The Morgan fingerprint density at radius 2 is 1.62 bits per heavy atom. The summed E-state index contributed by atoms with van der Waals surface area (Å²) < 4.78 is 0. The summed E-state index contributed by atoms with van der Waals surface area (Å²) in [6.07, 6.45) is 11.0. The first-order valence-corrected chi connectivity index (χ1v) is 12.4. The van der Waals surface area contributed by atoms with Crippen molar-refractivity contribution in [1.29, 1.82) is 0 Å². The van der Waals surface area contributed by atoms with Crippen molar-refractivity contribution in [2.45, 2.75) is 84.6 Å². The van der Waals surface area contributed by atoms with Crippen molar-refractivity contribution in [2.75, 3.05) is 39.3 Å². The molecule has 2 saturated heterocycles. The zero-order valence-electron chi connectivity index (χ0n) is 19.0. The van der Waals surface area contributed by atoms with E-state index in [1.54, 1.807) is 9.80 Å². The van der Waals surface area contributed by atoms with Gasteiger partial charge in [-0.15, -0.1) is 0 Å². The quantitative estimate of drug-likeness (QED) is 0.505. The number of imide groups is 1. The molecule has 29 heavy (non-hydrogen) atoms. The third-order valence-corrected chi connectivity index (χ3v) is 9.45. The van der Waals surface area contributed by atoms with Crippen molar-refractivity contribution in [1.82, 2.24) is 4.90 Å². The molecule has 2 amide bonds. The number of nitrogens with one attached hydrogen (secondary N) is 2. The standard InChI is InChI=1S/C24H41N3O2/c1-23(2)20-11-12-24(23,3)22(29)27(21(20)28)14-8-7-13-25-15-17-26(18-16-25)19-9-5-4-6-10-19/h19-20H,4-18H2,1-3H3/p+2/t20-,24-/m0/s1. The van der Waals surface area contributed by atoms with Crippen molar-refractivity contribution < 1.29 is 19.4 Å². The Labute approximate surface area is 177 Å². The zero-order valence-corrected chi connectivity index (χ0v) is 19.0. The highest BCUT2D eigenvalue weighted by Crippen LogP contribution is 2.60. The van der Waals surface area contributed by atoms with E-state index < -0.39 is 0 Å². The number of rotatable bonds is 6. The molecule has 2 saturated carbocycles. The predicted octanol–water partition coefficient (Wildman–Crippen LogP) is 0.694. The molecule has 5 nitrogen and oxygen atoms in total. The summed E-state index contributed by atoms with van der Waals surface area (Å²) in [5.41, 5.74) is -0.544. The maximum atomic E-state index is 13.1. The van der Waals surface area contributed by atoms with Crippen LogP contribution in [-0.2, 0) is 9.59 Å². The number of piperazine rings is 1. The molecule has 4 rings (SSSR count). The first kappa shape index (κ1) is 21.3. The Balaban J connectivity index is 1.20. The molecule has 0 radical (unpaired) electrons. The van der Waals surface area contributed by atoms with Crippen molar-refractivity contribution in [3.05, 3.63) is 0 Å². The minimum absolute atomic E-state index is 0.0339. The van der Waals surface area contributed by atoms with Crippen LogP contribution in [0.1, 0.15) is 78.6 Å². The van der Waals surface area contributed by atoms with Crippen molar-refractivity contribution in [3.63, 3.8) is 0 Å². The van der Waals surface area contributed by atoms with Gasteiger partial charge in [-0.3, -0.25) is 14.5 Å². The van der Waals surface area contributed by atoms with Gasteiger partial charge in [-0.05, 0) is 56.8 Å².